The van der Waals surface area contributed by atoms with Crippen LogP contribution in [0.1, 0.15) is 11.4 Å². The van der Waals surface area contributed by atoms with Gasteiger partial charge in [0, 0.05) is 31.0 Å². The highest BCUT2D eigenvalue weighted by Crippen LogP contribution is 2.20. The van der Waals surface area contributed by atoms with Gasteiger partial charge in [-0.1, -0.05) is 23.4 Å². The van der Waals surface area contributed by atoms with Crippen molar-refractivity contribution in [2.75, 3.05) is 0 Å². The molecular weight excluding hydrogens is 226 g/mol. The molecule has 1 aromatic carbocycles. The van der Waals surface area contributed by atoms with Crippen LogP contribution in [0.5, 0.6) is 0 Å². The molecule has 0 unspecified atom stereocenters. The number of nitrogens with zero attached hydrogens (tertiary/aromatic N) is 4. The van der Waals surface area contributed by atoms with Crippen LogP contribution in [0.4, 0.5) is 0 Å². The molecule has 18 heavy (non-hydrogen) atoms. The molecule has 92 valence electrons. The minimum atomic E-state index is 0.523. The maximum atomic E-state index is 5.81. The van der Waals surface area contributed by atoms with Crippen LogP contribution in [0.15, 0.2) is 36.5 Å². The van der Waals surface area contributed by atoms with E-state index in [1.54, 1.807) is 4.68 Å². The number of aromatic nitrogens is 4. The Kier molecular flexibility index (Phi) is 2.60. The molecule has 2 aromatic heterocycles. The van der Waals surface area contributed by atoms with Gasteiger partial charge >= 0.3 is 0 Å². The molecule has 0 saturated carbocycles. The van der Waals surface area contributed by atoms with Crippen LogP contribution in [-0.2, 0) is 20.1 Å². The lowest BCUT2D eigenvalue weighted by Crippen LogP contribution is -2.08. The first-order valence-electron chi connectivity index (χ1n) is 5.90. The number of benzene rings is 1. The molecule has 2 heterocycles. The van der Waals surface area contributed by atoms with E-state index in [-0.39, 0.29) is 0 Å². The van der Waals surface area contributed by atoms with E-state index in [0.29, 0.717) is 13.1 Å². The monoisotopic (exact) mass is 241 g/mol. The molecule has 0 amide bonds. The molecule has 0 atom stereocenters. The summed E-state index contributed by atoms with van der Waals surface area (Å²) in [5, 5.41) is 9.29. The van der Waals surface area contributed by atoms with Crippen molar-refractivity contribution in [3.8, 4) is 0 Å². The van der Waals surface area contributed by atoms with Gasteiger partial charge in [-0.05, 0) is 17.5 Å². The zero-order valence-corrected chi connectivity index (χ0v) is 10.2. The van der Waals surface area contributed by atoms with E-state index in [9.17, 15) is 0 Å². The summed E-state index contributed by atoms with van der Waals surface area (Å²) in [6, 6.07) is 10.4. The van der Waals surface area contributed by atoms with E-state index in [4.69, 9.17) is 5.73 Å². The fourth-order valence-electron chi connectivity index (χ4n) is 2.25. The summed E-state index contributed by atoms with van der Waals surface area (Å²) in [6.45, 7) is 1.23. The molecule has 0 aliphatic rings. The van der Waals surface area contributed by atoms with E-state index in [1.807, 2.05) is 25.4 Å². The zero-order valence-electron chi connectivity index (χ0n) is 10.2. The standard InChI is InChI=1S/C13H15N5/c1-17-8-11(15-16-17)9-18-12(7-14)6-10-4-2-3-5-13(10)18/h2-6,8H,7,9,14H2,1H3. The molecule has 0 aliphatic heterocycles. The molecule has 3 rings (SSSR count). The third kappa shape index (κ3) is 1.78. The van der Waals surface area contributed by atoms with E-state index in [0.717, 1.165) is 11.4 Å². The topological polar surface area (TPSA) is 61.7 Å². The molecule has 3 aromatic rings. The first-order chi connectivity index (χ1) is 8.78. The number of hydrogen-bond donors (Lipinski definition) is 1. The average Bonchev–Trinajstić information content (AvgIpc) is 2.94. The van der Waals surface area contributed by atoms with Crippen molar-refractivity contribution in [3.05, 3.63) is 47.9 Å². The van der Waals surface area contributed by atoms with Gasteiger partial charge in [-0.15, -0.1) is 5.10 Å². The predicted molar refractivity (Wildman–Crippen MR) is 69.9 cm³/mol. The average molecular weight is 241 g/mol. The number of fused-ring (bicyclic) bond motifs is 1. The van der Waals surface area contributed by atoms with Gasteiger partial charge in [0.15, 0.2) is 0 Å². The fourth-order valence-corrected chi connectivity index (χ4v) is 2.25. The summed E-state index contributed by atoms with van der Waals surface area (Å²) >= 11 is 0. The third-order valence-electron chi connectivity index (χ3n) is 3.08. The molecule has 0 spiro atoms. The second-order valence-corrected chi connectivity index (χ2v) is 4.37. The van der Waals surface area contributed by atoms with Gasteiger partial charge in [-0.2, -0.15) is 0 Å². The quantitative estimate of drug-likeness (QED) is 0.751. The second kappa shape index (κ2) is 4.27. The summed E-state index contributed by atoms with van der Waals surface area (Å²) in [5.41, 5.74) is 9.05. The van der Waals surface area contributed by atoms with Gasteiger partial charge in [-0.25, -0.2) is 0 Å². The Morgan fingerprint density at radius 3 is 2.83 bits per heavy atom. The minimum absolute atomic E-state index is 0.523. The lowest BCUT2D eigenvalue weighted by atomic mass is 10.2. The molecule has 0 fully saturated rings. The highest BCUT2D eigenvalue weighted by Gasteiger charge is 2.09. The van der Waals surface area contributed by atoms with Crippen LogP contribution in [0.25, 0.3) is 10.9 Å². The van der Waals surface area contributed by atoms with E-state index >= 15 is 0 Å². The number of para-hydroxylation sites is 1. The van der Waals surface area contributed by atoms with Crippen molar-refractivity contribution < 1.29 is 0 Å². The smallest absolute Gasteiger partial charge is 0.102 e. The highest BCUT2D eigenvalue weighted by atomic mass is 15.4. The molecule has 0 radical (unpaired) electrons. The van der Waals surface area contributed by atoms with E-state index in [2.05, 4.69) is 33.1 Å². The van der Waals surface area contributed by atoms with Gasteiger partial charge in [0.1, 0.15) is 5.69 Å². The number of nitrogens with two attached hydrogens (primary N) is 1. The Bertz CT molecular complexity index is 680. The largest absolute Gasteiger partial charge is 0.337 e. The van der Waals surface area contributed by atoms with Crippen LogP contribution in [0.3, 0.4) is 0 Å². The fraction of sp³-hybridized carbons (Fsp3) is 0.231. The van der Waals surface area contributed by atoms with Crippen LogP contribution >= 0.6 is 0 Å². The maximum Gasteiger partial charge on any atom is 0.102 e. The Hall–Kier alpha value is -2.14. The van der Waals surface area contributed by atoms with Crippen molar-refractivity contribution in [3.63, 3.8) is 0 Å². The molecular formula is C13H15N5. The molecule has 5 heteroatoms. The van der Waals surface area contributed by atoms with Gasteiger partial charge in [-0.3, -0.25) is 4.68 Å². The Labute approximate surface area is 105 Å². The van der Waals surface area contributed by atoms with E-state index in [1.165, 1.54) is 10.9 Å². The lowest BCUT2D eigenvalue weighted by molar-refractivity contribution is 0.707. The molecule has 0 bridgehead atoms. The van der Waals surface area contributed by atoms with Crippen LogP contribution in [0, 0.1) is 0 Å². The van der Waals surface area contributed by atoms with Crippen molar-refractivity contribution in [1.82, 2.24) is 19.6 Å². The first-order valence-corrected chi connectivity index (χ1v) is 5.90. The van der Waals surface area contributed by atoms with Crippen molar-refractivity contribution in [1.29, 1.82) is 0 Å². The van der Waals surface area contributed by atoms with Gasteiger partial charge < -0.3 is 10.3 Å². The van der Waals surface area contributed by atoms with Crippen molar-refractivity contribution in [2.24, 2.45) is 12.8 Å². The minimum Gasteiger partial charge on any atom is -0.337 e. The van der Waals surface area contributed by atoms with Crippen LogP contribution in [0.2, 0.25) is 0 Å². The zero-order chi connectivity index (χ0) is 12.5. The molecule has 0 saturated heterocycles. The second-order valence-electron chi connectivity index (χ2n) is 4.37. The molecule has 2 N–H and O–H groups in total. The summed E-state index contributed by atoms with van der Waals surface area (Å²) in [5.74, 6) is 0. The Morgan fingerprint density at radius 2 is 2.11 bits per heavy atom. The van der Waals surface area contributed by atoms with Gasteiger partial charge in [0.25, 0.3) is 0 Å². The highest BCUT2D eigenvalue weighted by molar-refractivity contribution is 5.81. The van der Waals surface area contributed by atoms with Gasteiger partial charge in [0.2, 0.25) is 0 Å². The van der Waals surface area contributed by atoms with Crippen molar-refractivity contribution in [2.45, 2.75) is 13.1 Å². The number of rotatable bonds is 3. The summed E-state index contributed by atoms with van der Waals surface area (Å²) < 4.78 is 3.91. The molecule has 0 aliphatic carbocycles. The summed E-state index contributed by atoms with van der Waals surface area (Å²) in [6.07, 6.45) is 1.93. The van der Waals surface area contributed by atoms with Crippen LogP contribution < -0.4 is 5.73 Å². The number of aryl methyl sites for hydroxylation is 1. The number of hydrogen-bond acceptors (Lipinski definition) is 3. The SMILES string of the molecule is Cn1cc(Cn2c(CN)cc3ccccc32)nn1. The first kappa shape index (κ1) is 11.0. The molecule has 5 nitrogen and oxygen atoms in total. The predicted octanol–water partition coefficient (Wildman–Crippen LogP) is 1.28. The van der Waals surface area contributed by atoms with E-state index < -0.39 is 0 Å². The Balaban J connectivity index is 2.09. The summed E-state index contributed by atoms with van der Waals surface area (Å²) in [7, 11) is 1.87. The van der Waals surface area contributed by atoms with Crippen molar-refractivity contribution >= 4 is 10.9 Å². The maximum absolute atomic E-state index is 5.81. The third-order valence-corrected chi connectivity index (χ3v) is 3.08. The Morgan fingerprint density at radius 1 is 1.28 bits per heavy atom. The normalized spacial score (nSPS) is 11.2. The van der Waals surface area contributed by atoms with Crippen LogP contribution in [-0.4, -0.2) is 19.6 Å². The van der Waals surface area contributed by atoms with Gasteiger partial charge in [0.05, 0.1) is 6.54 Å². The lowest BCUT2D eigenvalue weighted by Gasteiger charge is -2.07. The summed E-state index contributed by atoms with van der Waals surface area (Å²) in [4.78, 5) is 0.